The summed E-state index contributed by atoms with van der Waals surface area (Å²) >= 11 is 3.40. The molecule has 2 unspecified atom stereocenters. The van der Waals surface area contributed by atoms with Gasteiger partial charge in [-0.15, -0.1) is 0 Å². The Hall–Kier alpha value is -2.16. The normalized spacial score (nSPS) is 19.6. The van der Waals surface area contributed by atoms with Gasteiger partial charge in [0.1, 0.15) is 17.6 Å². The maximum Gasteiger partial charge on any atom is 0.273 e. The molecule has 0 aliphatic carbocycles. The van der Waals surface area contributed by atoms with Crippen LogP contribution in [0.3, 0.4) is 0 Å². The first-order chi connectivity index (χ1) is 11.9. The molecule has 2 atom stereocenters. The lowest BCUT2D eigenvalue weighted by Gasteiger charge is -2.11. The highest BCUT2D eigenvalue weighted by molar-refractivity contribution is 9.10. The van der Waals surface area contributed by atoms with Crippen molar-refractivity contribution in [3.05, 3.63) is 57.5 Å². The second-order valence-corrected chi connectivity index (χ2v) is 6.87. The third-order valence-electron chi connectivity index (χ3n) is 4.08. The van der Waals surface area contributed by atoms with Crippen LogP contribution < -0.4 is 21.7 Å². The third kappa shape index (κ3) is 4.09. The van der Waals surface area contributed by atoms with Crippen molar-refractivity contribution in [3.8, 4) is 0 Å². The lowest BCUT2D eigenvalue weighted by molar-refractivity contribution is -0.123. The van der Waals surface area contributed by atoms with Crippen LogP contribution in [0.15, 0.2) is 39.2 Å². The minimum Gasteiger partial charge on any atom is -0.466 e. The van der Waals surface area contributed by atoms with Crippen LogP contribution in [0.25, 0.3) is 0 Å². The molecule has 3 rings (SSSR count). The molecule has 2 amide bonds. The SMILES string of the molecule is Cc1cc(C(=O)NNC(=O)C2CC(c3ccc(Br)cc3)NN2)c(C)o1. The van der Waals surface area contributed by atoms with Gasteiger partial charge in [-0.2, -0.15) is 0 Å². The Morgan fingerprint density at radius 1 is 1.16 bits per heavy atom. The van der Waals surface area contributed by atoms with Crippen molar-refractivity contribution >= 4 is 27.7 Å². The molecule has 1 fully saturated rings. The first kappa shape index (κ1) is 17.7. The smallest absolute Gasteiger partial charge is 0.273 e. The van der Waals surface area contributed by atoms with Gasteiger partial charge in [0.2, 0.25) is 0 Å². The van der Waals surface area contributed by atoms with Crippen LogP contribution in [-0.2, 0) is 4.79 Å². The van der Waals surface area contributed by atoms with Gasteiger partial charge in [0.05, 0.1) is 5.56 Å². The zero-order valence-corrected chi connectivity index (χ0v) is 15.4. The minimum absolute atomic E-state index is 0.0262. The molecule has 2 heterocycles. The van der Waals surface area contributed by atoms with Crippen molar-refractivity contribution in [1.29, 1.82) is 0 Å². The number of furan rings is 1. The van der Waals surface area contributed by atoms with E-state index in [9.17, 15) is 9.59 Å². The predicted octanol–water partition coefficient (Wildman–Crippen LogP) is 2.03. The minimum atomic E-state index is -0.443. The quantitative estimate of drug-likeness (QED) is 0.584. The summed E-state index contributed by atoms with van der Waals surface area (Å²) in [5, 5.41) is 0. The Bertz CT molecular complexity index is 788. The number of hydrazine groups is 2. The average molecular weight is 407 g/mol. The van der Waals surface area contributed by atoms with E-state index in [0.29, 0.717) is 23.5 Å². The largest absolute Gasteiger partial charge is 0.466 e. The second kappa shape index (κ2) is 7.38. The molecule has 7 nitrogen and oxygen atoms in total. The molecule has 1 aliphatic heterocycles. The molecule has 0 spiro atoms. The summed E-state index contributed by atoms with van der Waals surface area (Å²) in [5.74, 6) is 0.449. The predicted molar refractivity (Wildman–Crippen MR) is 95.4 cm³/mol. The Labute approximate surface area is 153 Å². The number of aryl methyl sites for hydroxylation is 2. The van der Waals surface area contributed by atoms with Crippen LogP contribution in [-0.4, -0.2) is 17.9 Å². The van der Waals surface area contributed by atoms with E-state index in [4.69, 9.17) is 4.42 Å². The van der Waals surface area contributed by atoms with E-state index < -0.39 is 11.9 Å². The van der Waals surface area contributed by atoms with Gasteiger partial charge in [-0.05, 0) is 44.0 Å². The number of amides is 2. The summed E-state index contributed by atoms with van der Waals surface area (Å²) in [5.41, 5.74) is 12.4. The molecule has 0 saturated carbocycles. The molecule has 1 saturated heterocycles. The molecule has 25 heavy (non-hydrogen) atoms. The highest BCUT2D eigenvalue weighted by atomic mass is 79.9. The average Bonchev–Trinajstić information content (AvgIpc) is 3.20. The van der Waals surface area contributed by atoms with Crippen molar-refractivity contribution < 1.29 is 14.0 Å². The molecule has 1 aromatic carbocycles. The van der Waals surface area contributed by atoms with Crippen molar-refractivity contribution in [2.75, 3.05) is 0 Å². The Morgan fingerprint density at radius 2 is 1.88 bits per heavy atom. The number of carbonyl (C=O) groups is 2. The molecule has 132 valence electrons. The van der Waals surface area contributed by atoms with E-state index in [2.05, 4.69) is 37.6 Å². The molecular weight excluding hydrogens is 388 g/mol. The highest BCUT2D eigenvalue weighted by Gasteiger charge is 2.30. The van der Waals surface area contributed by atoms with Crippen LogP contribution in [0.1, 0.15) is 39.9 Å². The van der Waals surface area contributed by atoms with E-state index in [1.165, 1.54) is 0 Å². The van der Waals surface area contributed by atoms with Crippen LogP contribution in [0.2, 0.25) is 0 Å². The van der Waals surface area contributed by atoms with Crippen molar-refractivity contribution in [2.45, 2.75) is 32.4 Å². The van der Waals surface area contributed by atoms with E-state index in [1.807, 2.05) is 24.3 Å². The molecule has 8 heteroatoms. The first-order valence-electron chi connectivity index (χ1n) is 7.88. The number of nitrogens with one attached hydrogen (secondary N) is 4. The number of carbonyl (C=O) groups excluding carboxylic acids is 2. The molecule has 1 aromatic heterocycles. The fourth-order valence-electron chi connectivity index (χ4n) is 2.77. The van der Waals surface area contributed by atoms with Gasteiger partial charge in [0.15, 0.2) is 0 Å². The molecular formula is C17H19BrN4O3. The molecule has 0 bridgehead atoms. The Balaban J connectivity index is 1.53. The van der Waals surface area contributed by atoms with Gasteiger partial charge in [0, 0.05) is 10.5 Å². The number of benzene rings is 1. The maximum atomic E-state index is 12.2. The van der Waals surface area contributed by atoms with Gasteiger partial charge in [0.25, 0.3) is 11.8 Å². The van der Waals surface area contributed by atoms with Crippen LogP contribution >= 0.6 is 15.9 Å². The monoisotopic (exact) mass is 406 g/mol. The summed E-state index contributed by atoms with van der Waals surface area (Å²) in [4.78, 5) is 24.3. The van der Waals surface area contributed by atoms with Crippen LogP contribution in [0.5, 0.6) is 0 Å². The van der Waals surface area contributed by atoms with Gasteiger partial charge in [-0.3, -0.25) is 20.4 Å². The van der Waals surface area contributed by atoms with E-state index in [1.54, 1.807) is 19.9 Å². The van der Waals surface area contributed by atoms with Gasteiger partial charge < -0.3 is 4.42 Å². The zero-order valence-electron chi connectivity index (χ0n) is 13.9. The lowest BCUT2D eigenvalue weighted by Crippen LogP contribution is -2.50. The maximum absolute atomic E-state index is 12.2. The van der Waals surface area contributed by atoms with E-state index in [0.717, 1.165) is 10.0 Å². The van der Waals surface area contributed by atoms with E-state index >= 15 is 0 Å². The van der Waals surface area contributed by atoms with Crippen LogP contribution in [0, 0.1) is 13.8 Å². The van der Waals surface area contributed by atoms with E-state index in [-0.39, 0.29) is 11.9 Å². The lowest BCUT2D eigenvalue weighted by atomic mass is 10.0. The fraction of sp³-hybridized carbons (Fsp3) is 0.294. The highest BCUT2D eigenvalue weighted by Crippen LogP contribution is 2.23. The summed E-state index contributed by atoms with van der Waals surface area (Å²) in [6.07, 6.45) is 0.577. The van der Waals surface area contributed by atoms with Crippen LogP contribution in [0.4, 0.5) is 0 Å². The molecule has 0 radical (unpaired) electrons. The Kier molecular flexibility index (Phi) is 5.22. The number of hydrogen-bond donors (Lipinski definition) is 4. The van der Waals surface area contributed by atoms with Gasteiger partial charge in [-0.25, -0.2) is 10.9 Å². The number of rotatable bonds is 3. The summed E-state index contributed by atoms with van der Waals surface area (Å²) in [6, 6.07) is 9.12. The standard InChI is InChI=1S/C17H19BrN4O3/c1-9-7-13(10(2)25-9)16(23)21-22-17(24)15-8-14(19-20-15)11-3-5-12(18)6-4-11/h3-7,14-15,19-20H,8H2,1-2H3,(H,21,23)(H,22,24). The van der Waals surface area contributed by atoms with Gasteiger partial charge >= 0.3 is 0 Å². The topological polar surface area (TPSA) is 95.4 Å². The summed E-state index contributed by atoms with van der Waals surface area (Å²) < 4.78 is 6.32. The van der Waals surface area contributed by atoms with Crippen molar-refractivity contribution in [2.24, 2.45) is 0 Å². The molecule has 4 N–H and O–H groups in total. The first-order valence-corrected chi connectivity index (χ1v) is 8.67. The Morgan fingerprint density at radius 3 is 2.52 bits per heavy atom. The zero-order chi connectivity index (χ0) is 18.0. The summed E-state index contributed by atoms with van der Waals surface area (Å²) in [7, 11) is 0. The second-order valence-electron chi connectivity index (χ2n) is 5.95. The van der Waals surface area contributed by atoms with Crippen molar-refractivity contribution in [3.63, 3.8) is 0 Å². The summed E-state index contributed by atoms with van der Waals surface area (Å²) in [6.45, 7) is 3.47. The third-order valence-corrected chi connectivity index (χ3v) is 4.61. The number of halogens is 1. The number of hydrogen-bond acceptors (Lipinski definition) is 5. The fourth-order valence-corrected chi connectivity index (χ4v) is 3.04. The van der Waals surface area contributed by atoms with Gasteiger partial charge in [-0.1, -0.05) is 28.1 Å². The van der Waals surface area contributed by atoms with Crippen molar-refractivity contribution in [1.82, 2.24) is 21.7 Å². The molecule has 1 aliphatic rings. The molecule has 2 aromatic rings.